The van der Waals surface area contributed by atoms with Crippen molar-refractivity contribution in [3.63, 3.8) is 0 Å². The predicted octanol–water partition coefficient (Wildman–Crippen LogP) is 6.19. The number of hydrazone groups is 1. The number of amides is 1. The van der Waals surface area contributed by atoms with E-state index in [4.69, 9.17) is 0 Å². The lowest BCUT2D eigenvalue weighted by Crippen LogP contribution is -2.27. The molecule has 0 aliphatic rings. The summed E-state index contributed by atoms with van der Waals surface area (Å²) in [5.41, 5.74) is 6.65. The topological polar surface area (TPSA) is 84.2 Å². The summed E-state index contributed by atoms with van der Waals surface area (Å²) in [6.45, 7) is 4.39. The van der Waals surface area contributed by atoms with Crippen LogP contribution in [0.5, 0.6) is 0 Å². The third-order valence-corrected chi connectivity index (χ3v) is 7.49. The standard InChI is InChI=1S/C26H24BrIN6OS/c1-17-14-21(28)12-13-23(17)29-16-24-31-33-26(34(24)22-6-4-3-5-7-22)36-18(2)25(35)32-30-15-19-8-10-20(27)11-9-19/h3-15,18,29H,16H2,1-2H3,(H,32,35)/b30-15-. The maximum absolute atomic E-state index is 12.7. The molecule has 0 saturated carbocycles. The first-order chi connectivity index (χ1) is 17.4. The van der Waals surface area contributed by atoms with E-state index >= 15 is 0 Å². The van der Waals surface area contributed by atoms with E-state index in [0.717, 1.165) is 32.8 Å². The average molecular weight is 675 g/mol. The molecule has 0 bridgehead atoms. The minimum absolute atomic E-state index is 0.217. The molecule has 0 aliphatic heterocycles. The lowest BCUT2D eigenvalue weighted by Gasteiger charge is -2.14. The molecule has 1 aromatic heterocycles. The van der Waals surface area contributed by atoms with Crippen LogP contribution in [0.3, 0.4) is 0 Å². The van der Waals surface area contributed by atoms with E-state index in [1.165, 1.54) is 15.3 Å². The number of aromatic nitrogens is 3. The minimum atomic E-state index is -0.432. The van der Waals surface area contributed by atoms with E-state index < -0.39 is 5.25 Å². The van der Waals surface area contributed by atoms with Gasteiger partial charge in [0.15, 0.2) is 11.0 Å². The Morgan fingerprint density at radius 2 is 1.89 bits per heavy atom. The third-order valence-electron chi connectivity index (χ3n) is 5.25. The number of hydrogen-bond acceptors (Lipinski definition) is 6. The van der Waals surface area contributed by atoms with Crippen LogP contribution in [-0.4, -0.2) is 32.1 Å². The smallest absolute Gasteiger partial charge is 0.253 e. The van der Waals surface area contributed by atoms with Crippen LogP contribution in [-0.2, 0) is 11.3 Å². The highest BCUT2D eigenvalue weighted by Crippen LogP contribution is 2.27. The molecular weight excluding hydrogens is 651 g/mol. The van der Waals surface area contributed by atoms with Gasteiger partial charge in [0.25, 0.3) is 5.91 Å². The number of thioether (sulfide) groups is 1. The van der Waals surface area contributed by atoms with Gasteiger partial charge in [-0.25, -0.2) is 5.43 Å². The number of nitrogens with one attached hydrogen (secondary N) is 2. The fourth-order valence-electron chi connectivity index (χ4n) is 3.35. The van der Waals surface area contributed by atoms with E-state index in [1.807, 2.05) is 66.1 Å². The van der Waals surface area contributed by atoms with Gasteiger partial charge in [-0.1, -0.05) is 58.0 Å². The SMILES string of the molecule is Cc1cc(I)ccc1NCc1nnc(SC(C)C(=O)N/N=C\c2ccc(Br)cc2)n1-c1ccccc1. The Kier molecular flexibility index (Phi) is 9.16. The molecule has 2 N–H and O–H groups in total. The van der Waals surface area contributed by atoms with Crippen LogP contribution in [0.1, 0.15) is 23.9 Å². The second kappa shape index (κ2) is 12.5. The number of rotatable bonds is 9. The molecule has 0 aliphatic carbocycles. The quantitative estimate of drug-likeness (QED) is 0.0958. The first-order valence-electron chi connectivity index (χ1n) is 11.2. The Hall–Kier alpha value is -2.70. The van der Waals surface area contributed by atoms with E-state index in [2.05, 4.69) is 89.7 Å². The van der Waals surface area contributed by atoms with Crippen LogP contribution in [0.15, 0.2) is 87.5 Å². The van der Waals surface area contributed by atoms with Gasteiger partial charge in [-0.3, -0.25) is 9.36 Å². The molecule has 184 valence electrons. The number of halogens is 2. The monoisotopic (exact) mass is 674 g/mol. The number of benzene rings is 3. The molecule has 1 atom stereocenters. The summed E-state index contributed by atoms with van der Waals surface area (Å²) in [4.78, 5) is 12.7. The van der Waals surface area contributed by atoms with Crippen LogP contribution in [0.25, 0.3) is 5.69 Å². The fraction of sp³-hybridized carbons (Fsp3) is 0.154. The van der Waals surface area contributed by atoms with Gasteiger partial charge in [0.2, 0.25) is 0 Å². The summed E-state index contributed by atoms with van der Waals surface area (Å²) >= 11 is 7.05. The Morgan fingerprint density at radius 3 is 2.61 bits per heavy atom. The summed E-state index contributed by atoms with van der Waals surface area (Å²) in [6, 6.07) is 23.8. The van der Waals surface area contributed by atoms with Gasteiger partial charge in [0, 0.05) is 19.4 Å². The zero-order valence-corrected chi connectivity index (χ0v) is 24.2. The molecule has 3 aromatic carbocycles. The van der Waals surface area contributed by atoms with Gasteiger partial charge < -0.3 is 5.32 Å². The van der Waals surface area contributed by atoms with Gasteiger partial charge in [0.1, 0.15) is 0 Å². The molecular formula is C26H24BrIN6OS. The Labute approximate surface area is 236 Å². The second-order valence-electron chi connectivity index (χ2n) is 7.93. The van der Waals surface area contributed by atoms with Gasteiger partial charge in [-0.15, -0.1) is 10.2 Å². The molecule has 36 heavy (non-hydrogen) atoms. The largest absolute Gasteiger partial charge is 0.378 e. The summed E-state index contributed by atoms with van der Waals surface area (Å²) in [7, 11) is 0. The molecule has 1 unspecified atom stereocenters. The van der Waals surface area contributed by atoms with E-state index in [1.54, 1.807) is 6.21 Å². The van der Waals surface area contributed by atoms with Crippen LogP contribution in [0.4, 0.5) is 5.69 Å². The fourth-order valence-corrected chi connectivity index (χ4v) is 5.14. The normalized spacial score (nSPS) is 12.0. The van der Waals surface area contributed by atoms with Crippen LogP contribution in [0, 0.1) is 10.5 Å². The average Bonchev–Trinajstić information content (AvgIpc) is 3.27. The molecule has 4 rings (SSSR count). The molecule has 0 radical (unpaired) electrons. The van der Waals surface area contributed by atoms with E-state index in [-0.39, 0.29) is 5.91 Å². The van der Waals surface area contributed by atoms with Crippen molar-refractivity contribution in [1.82, 2.24) is 20.2 Å². The predicted molar refractivity (Wildman–Crippen MR) is 158 cm³/mol. The maximum Gasteiger partial charge on any atom is 0.253 e. The van der Waals surface area contributed by atoms with Gasteiger partial charge in [-0.05, 0) is 90.0 Å². The highest BCUT2D eigenvalue weighted by molar-refractivity contribution is 14.1. The zero-order valence-electron chi connectivity index (χ0n) is 19.7. The molecule has 0 saturated heterocycles. The van der Waals surface area contributed by atoms with Gasteiger partial charge in [0.05, 0.1) is 18.0 Å². The summed E-state index contributed by atoms with van der Waals surface area (Å²) in [6.07, 6.45) is 1.62. The van der Waals surface area contributed by atoms with Gasteiger partial charge in [-0.2, -0.15) is 5.10 Å². The summed E-state index contributed by atoms with van der Waals surface area (Å²) < 4.78 is 4.16. The van der Waals surface area contributed by atoms with Crippen LogP contribution < -0.4 is 10.7 Å². The van der Waals surface area contributed by atoms with Gasteiger partial charge >= 0.3 is 0 Å². The van der Waals surface area contributed by atoms with Crippen molar-refractivity contribution in [3.8, 4) is 5.69 Å². The lowest BCUT2D eigenvalue weighted by atomic mass is 10.2. The molecule has 7 nitrogen and oxygen atoms in total. The van der Waals surface area contributed by atoms with Crippen molar-refractivity contribution in [2.45, 2.75) is 30.8 Å². The summed E-state index contributed by atoms with van der Waals surface area (Å²) in [5.74, 6) is 0.535. The molecule has 1 heterocycles. The number of carbonyl (C=O) groups excluding carboxylic acids is 1. The number of nitrogens with zero attached hydrogens (tertiary/aromatic N) is 4. The maximum atomic E-state index is 12.7. The molecule has 1 amide bonds. The highest BCUT2D eigenvalue weighted by atomic mass is 127. The highest BCUT2D eigenvalue weighted by Gasteiger charge is 2.21. The summed E-state index contributed by atoms with van der Waals surface area (Å²) in [5, 5.41) is 16.6. The van der Waals surface area contributed by atoms with Crippen molar-refractivity contribution in [2.75, 3.05) is 5.32 Å². The Bertz CT molecular complexity index is 1360. The van der Waals surface area contributed by atoms with Crippen LogP contribution in [0.2, 0.25) is 0 Å². The molecule has 0 fully saturated rings. The molecule has 0 spiro atoms. The van der Waals surface area contributed by atoms with Crippen molar-refractivity contribution in [1.29, 1.82) is 0 Å². The molecule has 4 aromatic rings. The van der Waals surface area contributed by atoms with Crippen molar-refractivity contribution >= 4 is 68.1 Å². The number of hydrogen-bond donors (Lipinski definition) is 2. The number of carbonyl (C=O) groups is 1. The van der Waals surface area contributed by atoms with Crippen molar-refractivity contribution in [2.24, 2.45) is 5.10 Å². The van der Waals surface area contributed by atoms with Crippen molar-refractivity contribution < 1.29 is 4.79 Å². The number of anilines is 1. The Balaban J connectivity index is 1.48. The third kappa shape index (κ3) is 6.95. The Morgan fingerprint density at radius 1 is 1.14 bits per heavy atom. The van der Waals surface area contributed by atoms with E-state index in [9.17, 15) is 4.79 Å². The number of aryl methyl sites for hydroxylation is 1. The van der Waals surface area contributed by atoms with Crippen LogP contribution >= 0.6 is 50.3 Å². The molecule has 10 heteroatoms. The first-order valence-corrected chi connectivity index (χ1v) is 13.9. The lowest BCUT2D eigenvalue weighted by molar-refractivity contribution is -0.120. The number of para-hydroxylation sites is 1. The minimum Gasteiger partial charge on any atom is -0.378 e. The second-order valence-corrected chi connectivity index (χ2v) is 11.4. The van der Waals surface area contributed by atoms with E-state index in [0.29, 0.717) is 11.7 Å². The van der Waals surface area contributed by atoms with Crippen molar-refractivity contribution in [3.05, 3.63) is 97.8 Å². The first kappa shape index (κ1) is 26.4. The zero-order chi connectivity index (χ0) is 25.5.